The molecule has 2 amide bonds. The maximum atomic E-state index is 12.5. The van der Waals surface area contributed by atoms with Gasteiger partial charge in [-0.2, -0.15) is 0 Å². The van der Waals surface area contributed by atoms with Crippen LogP contribution in [0, 0.1) is 12.3 Å². The third-order valence-corrected chi connectivity index (χ3v) is 6.70. The quantitative estimate of drug-likeness (QED) is 0.473. The van der Waals surface area contributed by atoms with Gasteiger partial charge in [-0.15, -0.1) is 0 Å². The fourth-order valence-electron chi connectivity index (χ4n) is 4.73. The molecule has 4 atom stereocenters. The van der Waals surface area contributed by atoms with E-state index in [1.807, 2.05) is 49.4 Å². The number of hydrogen-bond acceptors (Lipinski definition) is 5. The zero-order valence-electron chi connectivity index (χ0n) is 20.2. The first-order valence-electron chi connectivity index (χ1n) is 12.2. The number of aromatic nitrogens is 1. The van der Waals surface area contributed by atoms with E-state index in [0.717, 1.165) is 24.1 Å². The average molecular weight is 468 g/mol. The van der Waals surface area contributed by atoms with Crippen LogP contribution in [-0.4, -0.2) is 45.8 Å². The van der Waals surface area contributed by atoms with Gasteiger partial charge in [0.15, 0.2) is 0 Å². The minimum atomic E-state index is -0.834. The molecule has 34 heavy (non-hydrogen) atoms. The van der Waals surface area contributed by atoms with E-state index in [9.17, 15) is 19.8 Å². The van der Waals surface area contributed by atoms with Crippen LogP contribution in [0.25, 0.3) is 0 Å². The molecule has 0 radical (unpaired) electrons. The molecule has 3 rings (SSSR count). The molecule has 0 spiro atoms. The normalized spacial score (nSPS) is 25.1. The number of aliphatic hydroxyl groups excluding tert-OH is 2. The Kier molecular flexibility index (Phi) is 9.19. The smallest absolute Gasteiger partial charge is 0.225 e. The third kappa shape index (κ3) is 7.64. The summed E-state index contributed by atoms with van der Waals surface area (Å²) >= 11 is 0. The van der Waals surface area contributed by atoms with Crippen molar-refractivity contribution in [3.63, 3.8) is 0 Å². The van der Waals surface area contributed by atoms with E-state index in [1.54, 1.807) is 6.07 Å². The number of carbonyl (C=O) groups excluding carboxylic acids is 2. The lowest BCUT2D eigenvalue weighted by molar-refractivity contribution is -0.122. The number of aryl methyl sites for hydroxylation is 1. The Morgan fingerprint density at radius 2 is 1.79 bits per heavy atom. The highest BCUT2D eigenvalue weighted by atomic mass is 16.3. The molecule has 1 aromatic carbocycles. The van der Waals surface area contributed by atoms with Crippen molar-refractivity contribution in [1.29, 1.82) is 0 Å². The van der Waals surface area contributed by atoms with Crippen molar-refractivity contribution in [1.82, 2.24) is 10.3 Å². The molecule has 1 aliphatic carbocycles. The standard InChI is InChI=1S/C27H37N3O4/c1-19-9-6-13-23(29-19)30-25(33)15-7-14-24(32)28-18-27(2)16-8-12-22(31)26(34)21(17-27)20-10-4-3-5-11-20/h3-6,9-11,13,21-22,26,31,34H,7-8,12,14-18H2,1-2H3,(H,28,32)(H,29,30,33)/t21-,22+,26-,27+/m0/s1. The number of rotatable bonds is 8. The molecule has 7 heteroatoms. The predicted molar refractivity (Wildman–Crippen MR) is 132 cm³/mol. The van der Waals surface area contributed by atoms with Crippen LogP contribution in [0.15, 0.2) is 48.5 Å². The van der Waals surface area contributed by atoms with Gasteiger partial charge in [0.2, 0.25) is 11.8 Å². The summed E-state index contributed by atoms with van der Waals surface area (Å²) in [5.74, 6) is 0.0852. The molecule has 0 saturated heterocycles. The SMILES string of the molecule is Cc1cccc(NC(=O)CCCC(=O)NC[C@]2(C)CCC[C@@H](O)[C@@H](O)[C@H](c3ccccc3)C2)n1. The monoisotopic (exact) mass is 467 g/mol. The zero-order chi connectivity index (χ0) is 24.6. The van der Waals surface area contributed by atoms with E-state index in [4.69, 9.17) is 0 Å². The molecule has 1 saturated carbocycles. The summed E-state index contributed by atoms with van der Waals surface area (Å²) in [6, 6.07) is 15.2. The summed E-state index contributed by atoms with van der Waals surface area (Å²) in [6.45, 7) is 4.49. The number of nitrogens with zero attached hydrogens (tertiary/aromatic N) is 1. The molecule has 1 aliphatic rings. The third-order valence-electron chi connectivity index (χ3n) is 6.70. The summed E-state index contributed by atoms with van der Waals surface area (Å²) in [4.78, 5) is 28.9. The number of benzene rings is 1. The average Bonchev–Trinajstić information content (AvgIpc) is 2.81. The van der Waals surface area contributed by atoms with Crippen LogP contribution in [-0.2, 0) is 9.59 Å². The first kappa shape index (κ1) is 25.8. The van der Waals surface area contributed by atoms with Gasteiger partial charge in [0, 0.05) is 31.0 Å². The first-order valence-corrected chi connectivity index (χ1v) is 12.2. The van der Waals surface area contributed by atoms with Gasteiger partial charge in [-0.3, -0.25) is 9.59 Å². The van der Waals surface area contributed by atoms with E-state index in [2.05, 4.69) is 22.5 Å². The Hall–Kier alpha value is -2.77. The van der Waals surface area contributed by atoms with Crippen molar-refractivity contribution in [2.75, 3.05) is 11.9 Å². The summed E-state index contributed by atoms with van der Waals surface area (Å²) in [6.07, 6.45) is 2.25. The van der Waals surface area contributed by atoms with Gasteiger partial charge in [0.1, 0.15) is 5.82 Å². The lowest BCUT2D eigenvalue weighted by Crippen LogP contribution is -2.42. The van der Waals surface area contributed by atoms with E-state index in [-0.39, 0.29) is 36.0 Å². The number of amides is 2. The number of aliphatic hydroxyl groups is 2. The van der Waals surface area contributed by atoms with Crippen molar-refractivity contribution >= 4 is 17.6 Å². The number of hydrogen-bond donors (Lipinski definition) is 4. The van der Waals surface area contributed by atoms with Crippen LogP contribution in [0.3, 0.4) is 0 Å². The predicted octanol–water partition coefficient (Wildman–Crippen LogP) is 3.70. The van der Waals surface area contributed by atoms with Crippen LogP contribution >= 0.6 is 0 Å². The van der Waals surface area contributed by atoms with Gasteiger partial charge >= 0.3 is 0 Å². The highest BCUT2D eigenvalue weighted by Gasteiger charge is 2.37. The number of anilines is 1. The second-order valence-electron chi connectivity index (χ2n) is 9.82. The van der Waals surface area contributed by atoms with E-state index in [0.29, 0.717) is 31.6 Å². The number of pyridine rings is 1. The van der Waals surface area contributed by atoms with E-state index < -0.39 is 12.2 Å². The molecule has 1 heterocycles. The molecule has 4 N–H and O–H groups in total. The van der Waals surface area contributed by atoms with Crippen molar-refractivity contribution in [2.24, 2.45) is 5.41 Å². The Bertz CT molecular complexity index is 952. The fraction of sp³-hybridized carbons (Fsp3) is 0.519. The second kappa shape index (κ2) is 12.1. The van der Waals surface area contributed by atoms with Gasteiger partial charge < -0.3 is 20.8 Å². The number of carbonyl (C=O) groups is 2. The second-order valence-corrected chi connectivity index (χ2v) is 9.82. The van der Waals surface area contributed by atoms with Crippen molar-refractivity contribution in [2.45, 2.75) is 76.9 Å². The summed E-state index contributed by atoms with van der Waals surface area (Å²) < 4.78 is 0. The lowest BCUT2D eigenvalue weighted by atomic mass is 9.70. The molecule has 0 bridgehead atoms. The van der Waals surface area contributed by atoms with Crippen LogP contribution in [0.1, 0.15) is 69.0 Å². The fourth-order valence-corrected chi connectivity index (χ4v) is 4.73. The molecule has 0 aliphatic heterocycles. The van der Waals surface area contributed by atoms with Crippen LogP contribution in [0.5, 0.6) is 0 Å². The molecule has 0 unspecified atom stereocenters. The molecule has 184 valence electrons. The molecular formula is C27H37N3O4. The van der Waals surface area contributed by atoms with Crippen molar-refractivity contribution in [3.05, 3.63) is 59.8 Å². The van der Waals surface area contributed by atoms with Gasteiger partial charge in [-0.05, 0) is 55.7 Å². The van der Waals surface area contributed by atoms with Gasteiger partial charge in [-0.1, -0.05) is 49.7 Å². The minimum absolute atomic E-state index is 0.0818. The highest BCUT2D eigenvalue weighted by molar-refractivity contribution is 5.90. The van der Waals surface area contributed by atoms with Crippen molar-refractivity contribution in [3.8, 4) is 0 Å². The van der Waals surface area contributed by atoms with E-state index in [1.165, 1.54) is 0 Å². The van der Waals surface area contributed by atoms with E-state index >= 15 is 0 Å². The maximum absolute atomic E-state index is 12.5. The van der Waals surface area contributed by atoms with Crippen molar-refractivity contribution < 1.29 is 19.8 Å². The molecule has 7 nitrogen and oxygen atoms in total. The minimum Gasteiger partial charge on any atom is -0.390 e. The Labute approximate surface area is 202 Å². The van der Waals surface area contributed by atoms with Crippen LogP contribution < -0.4 is 10.6 Å². The maximum Gasteiger partial charge on any atom is 0.225 e. The first-order chi connectivity index (χ1) is 16.3. The summed E-state index contributed by atoms with van der Waals surface area (Å²) in [5.41, 5.74) is 1.63. The van der Waals surface area contributed by atoms with Gasteiger partial charge in [0.25, 0.3) is 0 Å². The number of nitrogens with one attached hydrogen (secondary N) is 2. The Morgan fingerprint density at radius 1 is 1.06 bits per heavy atom. The van der Waals surface area contributed by atoms with Crippen LogP contribution in [0.2, 0.25) is 0 Å². The largest absolute Gasteiger partial charge is 0.390 e. The topological polar surface area (TPSA) is 112 Å². The Morgan fingerprint density at radius 3 is 2.53 bits per heavy atom. The van der Waals surface area contributed by atoms with Crippen LogP contribution in [0.4, 0.5) is 5.82 Å². The molecular weight excluding hydrogens is 430 g/mol. The summed E-state index contributed by atoms with van der Waals surface area (Å²) in [5, 5.41) is 27.0. The Balaban J connectivity index is 1.49. The zero-order valence-corrected chi connectivity index (χ0v) is 20.2. The molecule has 2 aromatic rings. The molecule has 1 aromatic heterocycles. The summed E-state index contributed by atoms with van der Waals surface area (Å²) in [7, 11) is 0. The highest BCUT2D eigenvalue weighted by Crippen LogP contribution is 2.41. The van der Waals surface area contributed by atoms with Gasteiger partial charge in [-0.25, -0.2) is 4.98 Å². The molecule has 1 fully saturated rings. The lowest BCUT2D eigenvalue weighted by Gasteiger charge is -2.39. The van der Waals surface area contributed by atoms with Gasteiger partial charge in [0.05, 0.1) is 12.2 Å².